The predicted octanol–water partition coefficient (Wildman–Crippen LogP) is 3.68. The maximum absolute atomic E-state index is 14.1. The lowest BCUT2D eigenvalue weighted by molar-refractivity contribution is -0.192. The number of carbonyl (C=O) groups excluding carboxylic acids is 1. The number of hydrogen-bond acceptors (Lipinski definition) is 6. The lowest BCUT2D eigenvalue weighted by Gasteiger charge is -2.35. The summed E-state index contributed by atoms with van der Waals surface area (Å²) in [5.41, 5.74) is 2.17. The van der Waals surface area contributed by atoms with Crippen molar-refractivity contribution in [1.82, 2.24) is 14.6 Å². The van der Waals surface area contributed by atoms with E-state index in [9.17, 15) is 22.4 Å². The van der Waals surface area contributed by atoms with Gasteiger partial charge in [0.25, 0.3) is 5.91 Å². The average Bonchev–Trinajstić information content (AvgIpc) is 3.28. The molecule has 0 radical (unpaired) electrons. The third-order valence-electron chi connectivity index (χ3n) is 5.93. The van der Waals surface area contributed by atoms with Crippen molar-refractivity contribution in [1.29, 1.82) is 0 Å². The van der Waals surface area contributed by atoms with Crippen LogP contribution in [0.3, 0.4) is 0 Å². The number of anilines is 1. The molecule has 1 saturated heterocycles. The van der Waals surface area contributed by atoms with Crippen LogP contribution in [0.25, 0.3) is 10.1 Å². The van der Waals surface area contributed by atoms with E-state index in [-0.39, 0.29) is 11.7 Å². The van der Waals surface area contributed by atoms with Gasteiger partial charge >= 0.3 is 12.1 Å². The fraction of sp³-hybridized carbons (Fsp3) is 0.348. The Morgan fingerprint density at radius 3 is 2.40 bits per heavy atom. The Kier molecular flexibility index (Phi) is 7.22. The van der Waals surface area contributed by atoms with Gasteiger partial charge in [-0.05, 0) is 54.3 Å². The minimum atomic E-state index is -5.08. The second kappa shape index (κ2) is 10.2. The van der Waals surface area contributed by atoms with Crippen LogP contribution >= 0.6 is 11.5 Å². The number of benzene rings is 2. The monoisotopic (exact) mass is 510 g/mol. The van der Waals surface area contributed by atoms with Gasteiger partial charge in [-0.1, -0.05) is 12.1 Å². The summed E-state index contributed by atoms with van der Waals surface area (Å²) < 4.78 is 51.7. The number of hydrogen-bond donors (Lipinski definition) is 2. The van der Waals surface area contributed by atoms with Gasteiger partial charge in [-0.2, -0.15) is 17.5 Å². The van der Waals surface area contributed by atoms with Crippen molar-refractivity contribution >= 4 is 39.3 Å². The Bertz CT molecular complexity index is 1240. The van der Waals surface area contributed by atoms with E-state index in [0.717, 1.165) is 31.0 Å². The van der Waals surface area contributed by atoms with E-state index in [1.165, 1.54) is 27.7 Å². The Balaban J connectivity index is 0.000000364. The predicted molar refractivity (Wildman–Crippen MR) is 123 cm³/mol. The molecule has 3 aromatic rings. The van der Waals surface area contributed by atoms with E-state index in [0.29, 0.717) is 37.2 Å². The van der Waals surface area contributed by atoms with Gasteiger partial charge in [-0.3, -0.25) is 4.79 Å². The lowest BCUT2D eigenvalue weighted by Crippen LogP contribution is -2.49. The van der Waals surface area contributed by atoms with Crippen molar-refractivity contribution in [2.75, 3.05) is 37.6 Å². The Morgan fingerprint density at radius 2 is 1.71 bits per heavy atom. The molecule has 1 fully saturated rings. The molecule has 7 nitrogen and oxygen atoms in total. The van der Waals surface area contributed by atoms with Crippen LogP contribution in [-0.2, 0) is 17.8 Å². The van der Waals surface area contributed by atoms with Gasteiger partial charge in [0, 0.05) is 49.2 Å². The maximum Gasteiger partial charge on any atom is 0.490 e. The number of nitrogens with zero attached hydrogens (tertiary/aromatic N) is 3. The van der Waals surface area contributed by atoms with E-state index < -0.39 is 12.1 Å². The number of carboxylic acids is 1. The zero-order valence-electron chi connectivity index (χ0n) is 18.4. The number of halogens is 4. The van der Waals surface area contributed by atoms with Gasteiger partial charge in [0.15, 0.2) is 0 Å². The third-order valence-corrected chi connectivity index (χ3v) is 6.74. The second-order valence-corrected chi connectivity index (χ2v) is 8.87. The molecule has 35 heavy (non-hydrogen) atoms. The molecule has 2 aliphatic rings. The molecule has 1 aromatic heterocycles. The number of alkyl halides is 3. The molecular formula is C23H22F4N4O3S. The van der Waals surface area contributed by atoms with Crippen molar-refractivity contribution in [3.8, 4) is 0 Å². The molecule has 0 aliphatic carbocycles. The lowest BCUT2D eigenvalue weighted by atomic mass is 9.94. The molecular weight excluding hydrogens is 488 g/mol. The maximum atomic E-state index is 14.1. The van der Waals surface area contributed by atoms with Crippen LogP contribution in [0, 0.1) is 5.82 Å². The highest BCUT2D eigenvalue weighted by Crippen LogP contribution is 2.30. The minimum Gasteiger partial charge on any atom is -0.475 e. The molecule has 1 amide bonds. The van der Waals surface area contributed by atoms with Gasteiger partial charge in [0.1, 0.15) is 11.6 Å². The Hall–Kier alpha value is -3.25. The Morgan fingerprint density at radius 1 is 1.03 bits per heavy atom. The molecule has 2 N–H and O–H groups in total. The van der Waals surface area contributed by atoms with E-state index >= 15 is 0 Å². The third kappa shape index (κ3) is 5.38. The normalized spacial score (nSPS) is 15.9. The number of fused-ring (bicyclic) bond motifs is 2. The first kappa shape index (κ1) is 24.9. The van der Waals surface area contributed by atoms with Crippen molar-refractivity contribution in [2.45, 2.75) is 19.1 Å². The molecule has 0 atom stereocenters. The van der Waals surface area contributed by atoms with Crippen molar-refractivity contribution < 1.29 is 32.3 Å². The highest BCUT2D eigenvalue weighted by atomic mass is 32.1. The number of piperazine rings is 1. The summed E-state index contributed by atoms with van der Waals surface area (Å²) in [6, 6.07) is 11.3. The van der Waals surface area contributed by atoms with Gasteiger partial charge < -0.3 is 20.2 Å². The second-order valence-electron chi connectivity index (χ2n) is 8.06. The first-order valence-electron chi connectivity index (χ1n) is 10.9. The highest BCUT2D eigenvalue weighted by molar-refractivity contribution is 7.13. The number of aliphatic carboxylic acids is 1. The fourth-order valence-electron chi connectivity index (χ4n) is 4.16. The summed E-state index contributed by atoms with van der Waals surface area (Å²) in [5, 5.41) is 11.5. The Labute approximate surface area is 202 Å². The molecule has 0 spiro atoms. The molecule has 5 rings (SSSR count). The van der Waals surface area contributed by atoms with Crippen LogP contribution in [0.5, 0.6) is 0 Å². The number of carbonyl (C=O) groups is 2. The molecule has 12 heteroatoms. The standard InChI is InChI=1S/C21H21FN4OS.C2HF3O2/c22-18-6-5-15(14-7-8-23-13-17(14)18)21(27)26-11-9-25(10-12-26)20-16-3-1-2-4-19(16)28-24-20;3-2(4,5)1(6)7/h1-6,23H,7-13H2;(H,6,7). The summed E-state index contributed by atoms with van der Waals surface area (Å²) >= 11 is 1.51. The molecule has 2 aliphatic heterocycles. The highest BCUT2D eigenvalue weighted by Gasteiger charge is 2.38. The summed E-state index contributed by atoms with van der Waals surface area (Å²) in [6.45, 7) is 4.08. The SMILES string of the molecule is O=C(O)C(F)(F)F.O=C(c1ccc(F)c2c1CCNC2)N1CCN(c2nsc3ccccc23)CC1. The number of rotatable bonds is 2. The summed E-state index contributed by atoms with van der Waals surface area (Å²) in [6.07, 6.45) is -4.39. The zero-order chi connectivity index (χ0) is 25.2. The van der Waals surface area contributed by atoms with E-state index in [1.54, 1.807) is 6.07 Å². The van der Waals surface area contributed by atoms with Crippen LogP contribution in [0.2, 0.25) is 0 Å². The van der Waals surface area contributed by atoms with Crippen LogP contribution in [0.4, 0.5) is 23.4 Å². The van der Waals surface area contributed by atoms with E-state index in [2.05, 4.69) is 26.7 Å². The first-order valence-corrected chi connectivity index (χ1v) is 11.6. The zero-order valence-corrected chi connectivity index (χ0v) is 19.3. The van der Waals surface area contributed by atoms with Gasteiger partial charge in [0.2, 0.25) is 0 Å². The molecule has 186 valence electrons. The summed E-state index contributed by atoms with van der Waals surface area (Å²) in [5.74, 6) is -1.95. The number of carboxylic acid groups (broad SMARTS) is 1. The average molecular weight is 511 g/mol. The largest absolute Gasteiger partial charge is 0.490 e. The van der Waals surface area contributed by atoms with Gasteiger partial charge in [-0.25, -0.2) is 9.18 Å². The van der Waals surface area contributed by atoms with Crippen LogP contribution in [0.1, 0.15) is 21.5 Å². The smallest absolute Gasteiger partial charge is 0.475 e. The van der Waals surface area contributed by atoms with E-state index in [1.807, 2.05) is 17.0 Å². The molecule has 2 aromatic carbocycles. The topological polar surface area (TPSA) is 85.8 Å². The molecule has 3 heterocycles. The molecule has 0 bridgehead atoms. The quantitative estimate of drug-likeness (QED) is 0.512. The summed E-state index contributed by atoms with van der Waals surface area (Å²) in [7, 11) is 0. The van der Waals surface area contributed by atoms with Crippen LogP contribution < -0.4 is 10.2 Å². The van der Waals surface area contributed by atoms with Crippen molar-refractivity contribution in [3.63, 3.8) is 0 Å². The van der Waals surface area contributed by atoms with Crippen LogP contribution in [0.15, 0.2) is 36.4 Å². The number of nitrogens with one attached hydrogen (secondary N) is 1. The number of amides is 1. The molecule has 0 saturated carbocycles. The van der Waals surface area contributed by atoms with Gasteiger partial charge in [0.05, 0.1) is 4.70 Å². The van der Waals surface area contributed by atoms with Crippen molar-refractivity contribution in [3.05, 3.63) is 58.9 Å². The molecule has 0 unspecified atom stereocenters. The van der Waals surface area contributed by atoms with Crippen LogP contribution in [-0.4, -0.2) is 65.2 Å². The summed E-state index contributed by atoms with van der Waals surface area (Å²) in [4.78, 5) is 26.2. The van der Waals surface area contributed by atoms with Gasteiger partial charge in [-0.15, -0.1) is 0 Å². The number of aromatic nitrogens is 1. The fourth-order valence-corrected chi connectivity index (χ4v) is 4.96. The van der Waals surface area contributed by atoms with E-state index in [4.69, 9.17) is 9.90 Å². The minimum absolute atomic E-state index is 0.0148. The van der Waals surface area contributed by atoms with Crippen molar-refractivity contribution in [2.24, 2.45) is 0 Å². The first-order chi connectivity index (χ1) is 16.7.